The van der Waals surface area contributed by atoms with E-state index in [1.807, 2.05) is 36.4 Å². The standard InChI is InChI=1S/C27H31N5O2/c1-3-19-6-4-7-21(14-19)31-27-22-15-26(25(33-2)16-23(22)29-18-30-27)34-13-5-11-32-12-9-20-8-10-28-17-24(20)32/h1,4,6-7,14-16,18,20,24,28H,5,8-13,17H2,2H3,(H,29,30,31). The number of nitrogens with one attached hydrogen (secondary N) is 2. The molecule has 7 heteroatoms. The number of piperidine rings is 1. The largest absolute Gasteiger partial charge is 0.493 e. The maximum absolute atomic E-state index is 6.20. The van der Waals surface area contributed by atoms with Gasteiger partial charge in [0, 0.05) is 41.8 Å². The van der Waals surface area contributed by atoms with E-state index in [0.717, 1.165) is 54.1 Å². The van der Waals surface area contributed by atoms with Gasteiger partial charge in [-0.25, -0.2) is 9.97 Å². The first-order chi connectivity index (χ1) is 16.7. The average Bonchev–Trinajstić information content (AvgIpc) is 3.29. The molecule has 0 amide bonds. The Kier molecular flexibility index (Phi) is 6.79. The number of ether oxygens (including phenoxy) is 2. The Morgan fingerprint density at radius 3 is 3.03 bits per heavy atom. The zero-order valence-electron chi connectivity index (χ0n) is 19.6. The van der Waals surface area contributed by atoms with Crippen LogP contribution in [0.2, 0.25) is 0 Å². The molecule has 5 rings (SSSR count). The lowest BCUT2D eigenvalue weighted by Crippen LogP contribution is -2.46. The van der Waals surface area contributed by atoms with Crippen LogP contribution in [0.5, 0.6) is 11.5 Å². The molecule has 0 saturated carbocycles. The van der Waals surface area contributed by atoms with Crippen molar-refractivity contribution in [2.45, 2.75) is 25.3 Å². The van der Waals surface area contributed by atoms with Gasteiger partial charge in [-0.15, -0.1) is 6.42 Å². The van der Waals surface area contributed by atoms with Gasteiger partial charge in [-0.3, -0.25) is 4.90 Å². The Labute approximate surface area is 200 Å². The predicted octanol–water partition coefficient (Wildman–Crippen LogP) is 3.82. The van der Waals surface area contributed by atoms with Crippen molar-refractivity contribution in [2.75, 3.05) is 45.2 Å². The van der Waals surface area contributed by atoms with Gasteiger partial charge in [0.25, 0.3) is 0 Å². The van der Waals surface area contributed by atoms with E-state index in [4.69, 9.17) is 15.9 Å². The van der Waals surface area contributed by atoms with E-state index >= 15 is 0 Å². The number of hydrogen-bond acceptors (Lipinski definition) is 7. The molecule has 0 spiro atoms. The normalized spacial score (nSPS) is 20.0. The Morgan fingerprint density at radius 2 is 2.15 bits per heavy atom. The number of methoxy groups -OCH3 is 1. The summed E-state index contributed by atoms with van der Waals surface area (Å²) in [5.41, 5.74) is 2.46. The molecule has 2 unspecified atom stereocenters. The van der Waals surface area contributed by atoms with Crippen molar-refractivity contribution in [1.29, 1.82) is 0 Å². The van der Waals surface area contributed by atoms with E-state index in [1.54, 1.807) is 13.4 Å². The fourth-order valence-corrected chi connectivity index (χ4v) is 5.14. The van der Waals surface area contributed by atoms with Gasteiger partial charge in [-0.05, 0) is 62.5 Å². The van der Waals surface area contributed by atoms with Crippen LogP contribution in [-0.2, 0) is 0 Å². The number of nitrogens with zero attached hydrogens (tertiary/aromatic N) is 3. The Hall–Kier alpha value is -3.34. The number of benzene rings is 2. The molecule has 2 aliphatic heterocycles. The smallest absolute Gasteiger partial charge is 0.162 e. The monoisotopic (exact) mass is 457 g/mol. The highest BCUT2D eigenvalue weighted by Crippen LogP contribution is 2.35. The van der Waals surface area contributed by atoms with Crippen molar-refractivity contribution in [3.05, 3.63) is 48.3 Å². The third kappa shape index (κ3) is 4.79. The molecule has 7 nitrogen and oxygen atoms in total. The first-order valence-corrected chi connectivity index (χ1v) is 12.0. The molecule has 2 atom stereocenters. The molecule has 0 bridgehead atoms. The van der Waals surface area contributed by atoms with Crippen molar-refractivity contribution < 1.29 is 9.47 Å². The zero-order chi connectivity index (χ0) is 23.3. The molecule has 2 saturated heterocycles. The van der Waals surface area contributed by atoms with E-state index < -0.39 is 0 Å². The van der Waals surface area contributed by atoms with E-state index in [0.29, 0.717) is 30.0 Å². The summed E-state index contributed by atoms with van der Waals surface area (Å²) >= 11 is 0. The molecule has 2 aromatic carbocycles. The van der Waals surface area contributed by atoms with Crippen molar-refractivity contribution in [3.63, 3.8) is 0 Å². The summed E-state index contributed by atoms with van der Waals surface area (Å²) in [5.74, 6) is 5.58. The van der Waals surface area contributed by atoms with Gasteiger partial charge in [0.15, 0.2) is 11.5 Å². The number of fused-ring (bicyclic) bond motifs is 2. The summed E-state index contributed by atoms with van der Waals surface area (Å²) in [6.07, 6.45) is 10.7. The summed E-state index contributed by atoms with van der Waals surface area (Å²) < 4.78 is 11.8. The molecule has 176 valence electrons. The summed E-state index contributed by atoms with van der Waals surface area (Å²) in [6, 6.07) is 12.2. The second-order valence-corrected chi connectivity index (χ2v) is 8.94. The third-order valence-corrected chi connectivity index (χ3v) is 6.91. The van der Waals surface area contributed by atoms with Gasteiger partial charge in [0.1, 0.15) is 12.1 Å². The highest BCUT2D eigenvalue weighted by Gasteiger charge is 2.35. The van der Waals surface area contributed by atoms with Gasteiger partial charge < -0.3 is 20.1 Å². The Morgan fingerprint density at radius 1 is 1.21 bits per heavy atom. The van der Waals surface area contributed by atoms with Crippen molar-refractivity contribution in [2.24, 2.45) is 5.92 Å². The number of likely N-dealkylation sites (tertiary alicyclic amines) is 1. The molecule has 2 aliphatic rings. The fourth-order valence-electron chi connectivity index (χ4n) is 5.14. The van der Waals surface area contributed by atoms with E-state index in [-0.39, 0.29) is 0 Å². The van der Waals surface area contributed by atoms with Crippen LogP contribution in [-0.4, -0.2) is 60.8 Å². The number of anilines is 2. The molecular weight excluding hydrogens is 426 g/mol. The molecule has 1 aromatic heterocycles. The quantitative estimate of drug-likeness (QED) is 0.394. The van der Waals surface area contributed by atoms with Crippen LogP contribution in [0.3, 0.4) is 0 Å². The minimum Gasteiger partial charge on any atom is -0.493 e. The second-order valence-electron chi connectivity index (χ2n) is 8.94. The summed E-state index contributed by atoms with van der Waals surface area (Å²) in [6.45, 7) is 5.16. The van der Waals surface area contributed by atoms with Gasteiger partial charge in [0.2, 0.25) is 0 Å². The van der Waals surface area contributed by atoms with E-state index in [1.165, 1.54) is 19.4 Å². The molecule has 3 heterocycles. The third-order valence-electron chi connectivity index (χ3n) is 6.91. The predicted molar refractivity (Wildman–Crippen MR) is 135 cm³/mol. The molecule has 0 aliphatic carbocycles. The van der Waals surface area contributed by atoms with Gasteiger partial charge >= 0.3 is 0 Å². The van der Waals surface area contributed by atoms with Crippen molar-refractivity contribution in [1.82, 2.24) is 20.2 Å². The van der Waals surface area contributed by atoms with Gasteiger partial charge in [0.05, 0.1) is 19.2 Å². The van der Waals surface area contributed by atoms with Gasteiger partial charge in [-0.2, -0.15) is 0 Å². The number of terminal acetylenes is 1. The highest BCUT2D eigenvalue weighted by molar-refractivity contribution is 5.93. The maximum Gasteiger partial charge on any atom is 0.162 e. The first-order valence-electron chi connectivity index (χ1n) is 12.0. The molecule has 2 fully saturated rings. The SMILES string of the molecule is C#Cc1cccc(Nc2ncnc3cc(OC)c(OCCCN4CCC5CCNCC54)cc23)c1. The van der Waals surface area contributed by atoms with Crippen molar-refractivity contribution >= 4 is 22.4 Å². The van der Waals surface area contributed by atoms with Crippen molar-refractivity contribution in [3.8, 4) is 23.8 Å². The fraction of sp³-hybridized carbons (Fsp3) is 0.407. The topological polar surface area (TPSA) is 71.5 Å². The summed E-state index contributed by atoms with van der Waals surface area (Å²) in [4.78, 5) is 11.5. The van der Waals surface area contributed by atoms with Crippen LogP contribution >= 0.6 is 0 Å². The Balaban J connectivity index is 1.28. The Bertz CT molecular complexity index is 1190. The maximum atomic E-state index is 6.20. The highest BCUT2D eigenvalue weighted by atomic mass is 16.5. The van der Waals surface area contributed by atoms with Crippen LogP contribution in [0, 0.1) is 18.3 Å². The van der Waals surface area contributed by atoms with E-state index in [2.05, 4.69) is 31.4 Å². The lowest BCUT2D eigenvalue weighted by Gasteiger charge is -2.32. The summed E-state index contributed by atoms with van der Waals surface area (Å²) in [7, 11) is 1.65. The molecule has 3 aromatic rings. The van der Waals surface area contributed by atoms with Crippen LogP contribution < -0.4 is 20.1 Å². The van der Waals surface area contributed by atoms with Crippen LogP contribution in [0.1, 0.15) is 24.8 Å². The molecule has 2 N–H and O–H groups in total. The zero-order valence-corrected chi connectivity index (χ0v) is 19.6. The number of aromatic nitrogens is 2. The lowest BCUT2D eigenvalue weighted by atomic mass is 9.93. The first kappa shape index (κ1) is 22.5. The molecular formula is C27H31N5O2. The molecule has 0 radical (unpaired) electrons. The summed E-state index contributed by atoms with van der Waals surface area (Å²) in [5, 5.41) is 7.77. The van der Waals surface area contributed by atoms with Gasteiger partial charge in [-0.1, -0.05) is 12.0 Å². The lowest BCUT2D eigenvalue weighted by molar-refractivity contribution is 0.179. The minimum absolute atomic E-state index is 0.629. The number of rotatable bonds is 8. The number of hydrogen-bond donors (Lipinski definition) is 2. The molecule has 34 heavy (non-hydrogen) atoms. The van der Waals surface area contributed by atoms with Crippen LogP contribution in [0.25, 0.3) is 10.9 Å². The van der Waals surface area contributed by atoms with Crippen LogP contribution in [0.4, 0.5) is 11.5 Å². The minimum atomic E-state index is 0.629. The van der Waals surface area contributed by atoms with E-state index in [9.17, 15) is 0 Å². The van der Waals surface area contributed by atoms with Crippen LogP contribution in [0.15, 0.2) is 42.7 Å². The average molecular weight is 458 g/mol. The second kappa shape index (κ2) is 10.3.